The number of hydrogen-bond acceptors (Lipinski definition) is 7. The van der Waals surface area contributed by atoms with E-state index in [2.05, 4.69) is 20.4 Å². The van der Waals surface area contributed by atoms with Gasteiger partial charge in [-0.05, 0) is 72.8 Å². The molecule has 2 aliphatic rings. The van der Waals surface area contributed by atoms with Crippen molar-refractivity contribution in [3.05, 3.63) is 47.6 Å². The van der Waals surface area contributed by atoms with E-state index in [-0.39, 0.29) is 23.5 Å². The number of allylic oxidation sites excluding steroid dienone is 1. The van der Waals surface area contributed by atoms with E-state index in [4.69, 9.17) is 14.2 Å². The first-order valence-corrected chi connectivity index (χ1v) is 11.7. The molecule has 1 aromatic carbocycles. The number of aliphatic hydroxyl groups is 1. The fraction of sp³-hybridized carbons (Fsp3) is 0.556. The van der Waals surface area contributed by atoms with Crippen LogP contribution in [0.3, 0.4) is 0 Å². The topological polar surface area (TPSA) is 102 Å². The van der Waals surface area contributed by atoms with Gasteiger partial charge in [-0.1, -0.05) is 32.1 Å². The van der Waals surface area contributed by atoms with Crippen molar-refractivity contribution >= 4 is 11.9 Å². The maximum Gasteiger partial charge on any atom is 0.306 e. The molecule has 7 nitrogen and oxygen atoms in total. The summed E-state index contributed by atoms with van der Waals surface area (Å²) in [5, 5.41) is 20.8. The number of carbonyl (C=O) groups is 2. The molecule has 7 heteroatoms. The Bertz CT molecular complexity index is 977. The minimum atomic E-state index is -0.977. The van der Waals surface area contributed by atoms with Crippen LogP contribution in [-0.4, -0.2) is 47.6 Å². The smallest absolute Gasteiger partial charge is 0.306 e. The molecule has 0 heterocycles. The number of phenols is 1. The molecule has 2 N–H and O–H groups in total. The number of phenolic OH excluding ortho intramolecular Hbond substituents is 1. The fourth-order valence-electron chi connectivity index (χ4n) is 5.16. The van der Waals surface area contributed by atoms with Gasteiger partial charge in [-0.2, -0.15) is 0 Å². The normalized spacial score (nSPS) is 28.2. The Morgan fingerprint density at radius 3 is 2.59 bits per heavy atom. The van der Waals surface area contributed by atoms with Gasteiger partial charge in [0.05, 0.1) is 13.2 Å². The molecule has 5 atom stereocenters. The molecule has 0 amide bonds. The lowest BCUT2D eigenvalue weighted by molar-refractivity contribution is -0.161. The van der Waals surface area contributed by atoms with E-state index >= 15 is 0 Å². The second kappa shape index (κ2) is 10.2. The molecular formula is C27H36O7. The summed E-state index contributed by atoms with van der Waals surface area (Å²) in [6, 6.07) is 4.90. The highest BCUT2D eigenvalue weighted by Crippen LogP contribution is 2.63. The number of hydrogen-bond donors (Lipinski definition) is 2. The average Bonchev–Trinajstić information content (AvgIpc) is 3.33. The minimum absolute atomic E-state index is 0.0183. The summed E-state index contributed by atoms with van der Waals surface area (Å²) in [5.41, 5.74) is 2.15. The number of aryl methyl sites for hydroxylation is 1. The van der Waals surface area contributed by atoms with E-state index in [0.29, 0.717) is 23.7 Å². The number of fused-ring (bicyclic) bond motifs is 1. The van der Waals surface area contributed by atoms with Gasteiger partial charge in [-0.15, -0.1) is 0 Å². The van der Waals surface area contributed by atoms with Gasteiger partial charge in [0.15, 0.2) is 23.7 Å². The van der Waals surface area contributed by atoms with Crippen molar-refractivity contribution in [2.24, 2.45) is 17.3 Å². The largest absolute Gasteiger partial charge is 0.504 e. The highest BCUT2D eigenvalue weighted by Gasteiger charge is 2.61. The van der Waals surface area contributed by atoms with Crippen LogP contribution < -0.4 is 4.74 Å². The number of ether oxygens (including phenoxy) is 3. The summed E-state index contributed by atoms with van der Waals surface area (Å²) >= 11 is 0. The van der Waals surface area contributed by atoms with Crippen LogP contribution in [0.25, 0.3) is 0 Å². The van der Waals surface area contributed by atoms with E-state index in [0.717, 1.165) is 24.0 Å². The number of methoxy groups -OCH3 is 1. The number of esters is 2. The molecule has 0 aromatic heterocycles. The third-order valence-electron chi connectivity index (χ3n) is 7.24. The first-order chi connectivity index (χ1) is 15.9. The van der Waals surface area contributed by atoms with Crippen molar-refractivity contribution < 1.29 is 34.0 Å². The van der Waals surface area contributed by atoms with Crippen LogP contribution in [0.5, 0.6) is 11.5 Å². The lowest BCUT2D eigenvalue weighted by Crippen LogP contribution is -2.39. The lowest BCUT2D eigenvalue weighted by Gasteiger charge is -2.30. The Balaban J connectivity index is 1.78. The number of benzene rings is 1. The van der Waals surface area contributed by atoms with E-state index in [9.17, 15) is 19.8 Å². The van der Waals surface area contributed by atoms with Crippen molar-refractivity contribution in [3.63, 3.8) is 0 Å². The first kappa shape index (κ1) is 25.8. The molecule has 3 rings (SSSR count). The molecule has 0 bridgehead atoms. The van der Waals surface area contributed by atoms with Gasteiger partial charge in [0.1, 0.15) is 0 Å². The molecule has 0 aliphatic heterocycles. The lowest BCUT2D eigenvalue weighted by atomic mass is 9.92. The summed E-state index contributed by atoms with van der Waals surface area (Å²) in [6.07, 6.45) is 1.28. The highest BCUT2D eigenvalue weighted by molar-refractivity contribution is 5.71. The summed E-state index contributed by atoms with van der Waals surface area (Å²) in [6.45, 7) is 11.6. The zero-order chi connectivity index (χ0) is 25.2. The van der Waals surface area contributed by atoms with Crippen LogP contribution in [0.4, 0.5) is 0 Å². The molecule has 34 heavy (non-hydrogen) atoms. The molecule has 1 saturated carbocycles. The Kier molecular flexibility index (Phi) is 7.76. The van der Waals surface area contributed by atoms with E-state index in [1.54, 1.807) is 12.1 Å². The minimum Gasteiger partial charge on any atom is -0.504 e. The zero-order valence-corrected chi connectivity index (χ0v) is 20.7. The van der Waals surface area contributed by atoms with Crippen LogP contribution in [0, 0.1) is 17.3 Å². The van der Waals surface area contributed by atoms with Crippen molar-refractivity contribution in [3.8, 4) is 11.5 Å². The van der Waals surface area contributed by atoms with Crippen LogP contribution in [-0.2, 0) is 25.5 Å². The number of aromatic hydroxyl groups is 1. The second-order valence-corrected chi connectivity index (χ2v) is 10.0. The Morgan fingerprint density at radius 1 is 1.24 bits per heavy atom. The van der Waals surface area contributed by atoms with Crippen molar-refractivity contribution in [1.82, 2.24) is 0 Å². The van der Waals surface area contributed by atoms with E-state index in [1.807, 2.05) is 13.0 Å². The SMILES string of the molecule is C=C1C(O)C2C(CCC(C)=CC(OC(=O)CCc3ccc(O)c(OC)c3)C1OC(C)=O)C2(C)C. The van der Waals surface area contributed by atoms with E-state index in [1.165, 1.54) is 20.1 Å². The number of carbonyl (C=O) groups excluding carboxylic acids is 2. The van der Waals surface area contributed by atoms with Crippen molar-refractivity contribution in [1.29, 1.82) is 0 Å². The molecule has 1 fully saturated rings. The summed E-state index contributed by atoms with van der Waals surface area (Å²) < 4.78 is 16.4. The molecule has 186 valence electrons. The molecule has 0 radical (unpaired) electrons. The summed E-state index contributed by atoms with van der Waals surface area (Å²) in [5.74, 6) is -0.282. The highest BCUT2D eigenvalue weighted by atomic mass is 16.6. The first-order valence-electron chi connectivity index (χ1n) is 11.7. The summed E-state index contributed by atoms with van der Waals surface area (Å²) in [7, 11) is 1.46. The second-order valence-electron chi connectivity index (χ2n) is 10.0. The van der Waals surface area contributed by atoms with Crippen molar-refractivity contribution in [2.45, 2.75) is 71.7 Å². The zero-order valence-electron chi connectivity index (χ0n) is 20.7. The maximum absolute atomic E-state index is 12.8. The predicted octanol–water partition coefficient (Wildman–Crippen LogP) is 4.11. The van der Waals surface area contributed by atoms with Crippen LogP contribution >= 0.6 is 0 Å². The Labute approximate surface area is 201 Å². The Morgan fingerprint density at radius 2 is 1.94 bits per heavy atom. The molecule has 2 aliphatic carbocycles. The van der Waals surface area contributed by atoms with Gasteiger partial charge in [-0.25, -0.2) is 0 Å². The van der Waals surface area contributed by atoms with Gasteiger partial charge in [0.2, 0.25) is 0 Å². The quantitative estimate of drug-likeness (QED) is 0.475. The molecule has 0 saturated heterocycles. The number of aliphatic hydroxyl groups excluding tert-OH is 1. The standard InChI is InChI=1S/C27H36O7/c1-15-7-10-19-24(27(19,4)5)25(31)16(2)26(33-17(3)28)22(13-15)34-23(30)12-9-18-8-11-20(29)21(14-18)32-6/h8,11,13-14,19,22,24-26,29,31H,2,7,9-10,12H2,1,3-6H3. The molecule has 0 spiro atoms. The van der Waals surface area contributed by atoms with Gasteiger partial charge in [-0.3, -0.25) is 9.59 Å². The average molecular weight is 473 g/mol. The van der Waals surface area contributed by atoms with Gasteiger partial charge >= 0.3 is 11.9 Å². The fourth-order valence-corrected chi connectivity index (χ4v) is 5.16. The van der Waals surface area contributed by atoms with Gasteiger partial charge in [0.25, 0.3) is 0 Å². The third kappa shape index (κ3) is 5.63. The van der Waals surface area contributed by atoms with Gasteiger partial charge in [0, 0.05) is 13.3 Å². The summed E-state index contributed by atoms with van der Waals surface area (Å²) in [4.78, 5) is 24.7. The third-order valence-corrected chi connectivity index (χ3v) is 7.24. The Hall–Kier alpha value is -2.80. The molecule has 5 unspecified atom stereocenters. The van der Waals surface area contributed by atoms with Crippen molar-refractivity contribution in [2.75, 3.05) is 7.11 Å². The van der Waals surface area contributed by atoms with E-state index < -0.39 is 30.3 Å². The molecule has 1 aromatic rings. The monoisotopic (exact) mass is 472 g/mol. The van der Waals surface area contributed by atoms with Gasteiger partial charge < -0.3 is 24.4 Å². The molecular weight excluding hydrogens is 436 g/mol. The predicted molar refractivity (Wildman–Crippen MR) is 127 cm³/mol. The number of rotatable bonds is 6. The van der Waals surface area contributed by atoms with Crippen LogP contribution in [0.1, 0.15) is 52.5 Å². The van der Waals surface area contributed by atoms with Crippen LogP contribution in [0.15, 0.2) is 42.0 Å². The van der Waals surface area contributed by atoms with Crippen LogP contribution in [0.2, 0.25) is 0 Å². The maximum atomic E-state index is 12.8.